The molecule has 0 N–H and O–H groups in total. The van der Waals surface area contributed by atoms with E-state index in [2.05, 4.69) is 62.1 Å². The van der Waals surface area contributed by atoms with Gasteiger partial charge in [-0.05, 0) is 57.4 Å². The van der Waals surface area contributed by atoms with Crippen molar-refractivity contribution >= 4 is 11.7 Å². The van der Waals surface area contributed by atoms with Crippen LogP contribution in [0, 0.1) is 24.0 Å². The molecule has 1 aliphatic carbocycles. The Bertz CT molecular complexity index is 1160. The molecule has 2 atom stereocenters. The Kier molecular flexibility index (Phi) is 5.86. The van der Waals surface area contributed by atoms with Crippen molar-refractivity contribution in [1.29, 1.82) is 0 Å². The lowest BCUT2D eigenvalue weighted by Gasteiger charge is -2.27. The van der Waals surface area contributed by atoms with Gasteiger partial charge in [0, 0.05) is 40.7 Å². The highest BCUT2D eigenvalue weighted by atomic mass is 16.6. The summed E-state index contributed by atoms with van der Waals surface area (Å²) in [5.41, 5.74) is 3.43. The molecule has 33 heavy (non-hydrogen) atoms. The molecule has 1 aromatic carbocycles. The molecule has 0 radical (unpaired) electrons. The quantitative estimate of drug-likeness (QED) is 0.293. The Labute approximate surface area is 193 Å². The fraction of sp³-hybridized carbons (Fsp3) is 0.440. The molecule has 174 valence electrons. The van der Waals surface area contributed by atoms with Crippen LogP contribution in [0.2, 0.25) is 0 Å². The number of rotatable bonds is 5. The first-order valence-electron chi connectivity index (χ1n) is 11.3. The molecule has 1 fully saturated rings. The fourth-order valence-electron chi connectivity index (χ4n) is 4.58. The van der Waals surface area contributed by atoms with Crippen LogP contribution in [0.4, 0.5) is 5.69 Å². The van der Waals surface area contributed by atoms with Crippen molar-refractivity contribution in [2.45, 2.75) is 71.4 Å². The third-order valence-corrected chi connectivity index (χ3v) is 6.30. The summed E-state index contributed by atoms with van der Waals surface area (Å²) in [5, 5.41) is 15.9. The van der Waals surface area contributed by atoms with Crippen LogP contribution in [-0.4, -0.2) is 31.3 Å². The number of nitro benzene ring substituents is 1. The van der Waals surface area contributed by atoms with Gasteiger partial charge in [-0.15, -0.1) is 0 Å². The molecule has 0 saturated heterocycles. The maximum atomic E-state index is 12.8. The highest BCUT2D eigenvalue weighted by Gasteiger charge is 2.36. The molecule has 0 amide bonds. The number of nitro groups is 1. The van der Waals surface area contributed by atoms with E-state index in [0.717, 1.165) is 42.2 Å². The number of ether oxygens (including phenoxy) is 1. The highest BCUT2D eigenvalue weighted by molar-refractivity contribution is 5.89. The summed E-state index contributed by atoms with van der Waals surface area (Å²) < 4.78 is 10.1. The van der Waals surface area contributed by atoms with Crippen LogP contribution in [0.3, 0.4) is 0 Å². The average Bonchev–Trinajstić information content (AvgIpc) is 3.46. The van der Waals surface area contributed by atoms with Gasteiger partial charge in [0.1, 0.15) is 6.10 Å². The van der Waals surface area contributed by atoms with E-state index in [1.54, 1.807) is 0 Å². The third kappa shape index (κ3) is 4.42. The van der Waals surface area contributed by atoms with Gasteiger partial charge in [-0.3, -0.25) is 14.8 Å². The normalized spacial score (nSPS) is 18.5. The molecule has 8 nitrogen and oxygen atoms in total. The van der Waals surface area contributed by atoms with Crippen molar-refractivity contribution in [3.8, 4) is 5.82 Å². The van der Waals surface area contributed by atoms with Crippen molar-refractivity contribution in [1.82, 2.24) is 14.3 Å². The van der Waals surface area contributed by atoms with Crippen LogP contribution in [0.15, 0.2) is 42.5 Å². The Hall–Kier alpha value is -3.42. The summed E-state index contributed by atoms with van der Waals surface area (Å²) >= 11 is 0. The Morgan fingerprint density at radius 1 is 1.09 bits per heavy atom. The van der Waals surface area contributed by atoms with Gasteiger partial charge in [-0.25, -0.2) is 4.79 Å². The van der Waals surface area contributed by atoms with Crippen LogP contribution in [-0.2, 0) is 10.2 Å². The summed E-state index contributed by atoms with van der Waals surface area (Å²) in [6, 6.07) is 11.7. The van der Waals surface area contributed by atoms with Gasteiger partial charge in [0.2, 0.25) is 0 Å². The largest absolute Gasteiger partial charge is 0.457 e. The topological polar surface area (TPSA) is 92.2 Å². The number of carbonyl (C=O) groups is 1. The van der Waals surface area contributed by atoms with Crippen molar-refractivity contribution in [2.24, 2.45) is 0 Å². The van der Waals surface area contributed by atoms with Crippen molar-refractivity contribution in [2.75, 3.05) is 0 Å². The van der Waals surface area contributed by atoms with Gasteiger partial charge in [-0.2, -0.15) is 5.10 Å². The number of benzene rings is 1. The van der Waals surface area contributed by atoms with Crippen LogP contribution in [0.5, 0.6) is 0 Å². The van der Waals surface area contributed by atoms with Gasteiger partial charge >= 0.3 is 5.97 Å². The number of hydrogen-bond acceptors (Lipinski definition) is 5. The molecule has 2 aromatic heterocycles. The van der Waals surface area contributed by atoms with Gasteiger partial charge < -0.3 is 9.30 Å². The smallest absolute Gasteiger partial charge is 0.338 e. The second kappa shape index (κ2) is 8.50. The summed E-state index contributed by atoms with van der Waals surface area (Å²) in [6.07, 6.45) is 2.24. The van der Waals surface area contributed by atoms with Gasteiger partial charge in [-0.1, -0.05) is 20.8 Å². The second-order valence-corrected chi connectivity index (χ2v) is 9.78. The Morgan fingerprint density at radius 3 is 2.30 bits per heavy atom. The molecule has 0 bridgehead atoms. The van der Waals surface area contributed by atoms with Crippen LogP contribution >= 0.6 is 0 Å². The lowest BCUT2D eigenvalue weighted by molar-refractivity contribution is -0.384. The van der Waals surface area contributed by atoms with E-state index >= 15 is 0 Å². The fourth-order valence-corrected chi connectivity index (χ4v) is 4.58. The first-order valence-corrected chi connectivity index (χ1v) is 11.3. The third-order valence-electron chi connectivity index (χ3n) is 6.30. The number of carbonyl (C=O) groups excluding carboxylic acids is 1. The second-order valence-electron chi connectivity index (χ2n) is 9.78. The molecular weight excluding hydrogens is 420 g/mol. The zero-order valence-corrected chi connectivity index (χ0v) is 19.7. The number of nitrogens with zero attached hydrogens (tertiary/aromatic N) is 4. The maximum Gasteiger partial charge on any atom is 0.338 e. The average molecular weight is 451 g/mol. The summed E-state index contributed by atoms with van der Waals surface area (Å²) in [7, 11) is 0. The molecular formula is C25H30N4O4. The van der Waals surface area contributed by atoms with E-state index in [0.29, 0.717) is 5.56 Å². The standard InChI is InChI=1S/C25H30N4O4/c1-16-9-10-17(2)27(16)23-15-22(25(3,4)5)28(26-23)20-7-6-8-21(20)33-24(30)18-11-13-19(14-12-18)29(31)32/h9-15,20-21H,6-8H2,1-5H3/t20?,21-/m1/s1. The lowest BCUT2D eigenvalue weighted by atomic mass is 9.91. The maximum absolute atomic E-state index is 12.8. The SMILES string of the molecule is Cc1ccc(C)n1-c1cc(C(C)(C)C)n(C2CCC[C@H]2OC(=O)c2ccc([N+](=O)[O-])cc2)n1. The summed E-state index contributed by atoms with van der Waals surface area (Å²) in [6.45, 7) is 10.6. The molecule has 4 rings (SSSR count). The molecule has 0 aliphatic heterocycles. The van der Waals surface area contributed by atoms with Crippen LogP contribution < -0.4 is 0 Å². The molecule has 2 heterocycles. The molecule has 0 spiro atoms. The van der Waals surface area contributed by atoms with Gasteiger partial charge in [0.05, 0.1) is 16.5 Å². The molecule has 1 unspecified atom stereocenters. The van der Waals surface area contributed by atoms with Crippen molar-refractivity contribution in [3.05, 3.63) is 75.2 Å². The lowest BCUT2D eigenvalue weighted by Crippen LogP contribution is -2.29. The number of hydrogen-bond donors (Lipinski definition) is 0. The highest BCUT2D eigenvalue weighted by Crippen LogP contribution is 2.37. The molecule has 1 aliphatic rings. The Morgan fingerprint density at radius 2 is 1.73 bits per heavy atom. The Balaban J connectivity index is 1.63. The zero-order chi connectivity index (χ0) is 23.9. The van der Waals surface area contributed by atoms with Gasteiger partial charge in [0.15, 0.2) is 5.82 Å². The van der Waals surface area contributed by atoms with E-state index in [1.165, 1.54) is 24.3 Å². The summed E-state index contributed by atoms with van der Waals surface area (Å²) in [4.78, 5) is 23.2. The van der Waals surface area contributed by atoms with Gasteiger partial charge in [0.25, 0.3) is 5.69 Å². The molecule has 8 heteroatoms. The number of aryl methyl sites for hydroxylation is 2. The van der Waals surface area contributed by atoms with E-state index in [4.69, 9.17) is 9.84 Å². The minimum atomic E-state index is -0.486. The van der Waals surface area contributed by atoms with E-state index in [-0.39, 0.29) is 23.2 Å². The van der Waals surface area contributed by atoms with E-state index in [9.17, 15) is 14.9 Å². The summed E-state index contributed by atoms with van der Waals surface area (Å²) in [5.74, 6) is 0.399. The number of non-ortho nitro benzene ring substituents is 1. The zero-order valence-electron chi connectivity index (χ0n) is 19.7. The predicted molar refractivity (Wildman–Crippen MR) is 125 cm³/mol. The number of aromatic nitrogens is 3. The minimum absolute atomic E-state index is 0.0558. The minimum Gasteiger partial charge on any atom is -0.457 e. The first kappa shape index (κ1) is 22.8. The first-order chi connectivity index (χ1) is 15.6. The molecule has 1 saturated carbocycles. The van der Waals surface area contributed by atoms with Crippen LogP contribution in [0.25, 0.3) is 5.82 Å². The van der Waals surface area contributed by atoms with E-state index < -0.39 is 10.9 Å². The number of esters is 1. The monoisotopic (exact) mass is 450 g/mol. The van der Waals surface area contributed by atoms with Crippen LogP contribution in [0.1, 0.15) is 73.5 Å². The molecule has 3 aromatic rings. The van der Waals surface area contributed by atoms with E-state index in [1.807, 2.05) is 0 Å². The van der Waals surface area contributed by atoms with Crippen molar-refractivity contribution in [3.63, 3.8) is 0 Å². The predicted octanol–water partition coefficient (Wildman–Crippen LogP) is 5.45. The van der Waals surface area contributed by atoms with Crippen molar-refractivity contribution < 1.29 is 14.5 Å².